The summed E-state index contributed by atoms with van der Waals surface area (Å²) < 4.78 is 35.8. The van der Waals surface area contributed by atoms with Crippen LogP contribution >= 0.6 is 11.3 Å². The summed E-state index contributed by atoms with van der Waals surface area (Å²) >= 11 is 1.04. The van der Waals surface area contributed by atoms with E-state index >= 15 is 0 Å². The van der Waals surface area contributed by atoms with Gasteiger partial charge >= 0.3 is 12.1 Å². The molecule has 1 rings (SSSR count). The molecule has 0 aromatic carbocycles. The molecule has 7 heteroatoms. The zero-order valence-electron chi connectivity index (χ0n) is 8.47. The summed E-state index contributed by atoms with van der Waals surface area (Å²) in [5, 5.41) is 8.90. The molecule has 0 unspecified atom stereocenters. The van der Waals surface area contributed by atoms with Gasteiger partial charge in [0.05, 0.1) is 17.1 Å². The van der Waals surface area contributed by atoms with E-state index < -0.39 is 18.6 Å². The van der Waals surface area contributed by atoms with Crippen molar-refractivity contribution in [3.05, 3.63) is 15.6 Å². The first-order valence-electron chi connectivity index (χ1n) is 4.51. The summed E-state index contributed by atoms with van der Waals surface area (Å²) in [5.74, 6) is -1.01. The van der Waals surface area contributed by atoms with Crippen molar-refractivity contribution >= 4 is 17.3 Å². The van der Waals surface area contributed by atoms with Crippen LogP contribution in [0.3, 0.4) is 0 Å². The molecule has 3 nitrogen and oxygen atoms in total. The molecule has 0 spiro atoms. The lowest BCUT2D eigenvalue weighted by Crippen LogP contribution is -2.08. The highest BCUT2D eigenvalue weighted by atomic mass is 32.1. The lowest BCUT2D eigenvalue weighted by Gasteiger charge is -2.02. The monoisotopic (exact) mass is 253 g/mol. The quantitative estimate of drug-likeness (QED) is 0.897. The summed E-state index contributed by atoms with van der Waals surface area (Å²) in [7, 11) is 0. The van der Waals surface area contributed by atoms with Crippen molar-refractivity contribution in [1.29, 1.82) is 0 Å². The van der Waals surface area contributed by atoms with Gasteiger partial charge < -0.3 is 5.11 Å². The number of rotatable bonds is 4. The Hall–Kier alpha value is -1.11. The van der Waals surface area contributed by atoms with Crippen LogP contribution < -0.4 is 0 Å². The highest BCUT2D eigenvalue weighted by Gasteiger charge is 2.27. The molecule has 0 amide bonds. The molecule has 0 aliphatic carbocycles. The van der Waals surface area contributed by atoms with E-state index in [1.165, 1.54) is 0 Å². The van der Waals surface area contributed by atoms with Crippen molar-refractivity contribution < 1.29 is 23.1 Å². The van der Waals surface area contributed by atoms with Crippen molar-refractivity contribution in [3.8, 4) is 0 Å². The number of nitrogens with zero attached hydrogens (tertiary/aromatic N) is 1. The van der Waals surface area contributed by atoms with E-state index in [0.717, 1.165) is 11.3 Å². The lowest BCUT2D eigenvalue weighted by molar-refractivity contribution is -0.136. The highest BCUT2D eigenvalue weighted by molar-refractivity contribution is 7.11. The maximum atomic E-state index is 11.9. The van der Waals surface area contributed by atoms with Crippen molar-refractivity contribution in [2.75, 3.05) is 0 Å². The number of hydrogen-bond acceptors (Lipinski definition) is 3. The topological polar surface area (TPSA) is 50.2 Å². The zero-order chi connectivity index (χ0) is 12.3. The second-order valence-electron chi connectivity index (χ2n) is 3.30. The molecular formula is C9H10F3NO2S. The molecule has 0 bridgehead atoms. The summed E-state index contributed by atoms with van der Waals surface area (Å²) in [5.41, 5.74) is 0.504. The van der Waals surface area contributed by atoms with Gasteiger partial charge in [-0.3, -0.25) is 4.79 Å². The minimum atomic E-state index is -4.20. The van der Waals surface area contributed by atoms with Crippen LogP contribution in [0, 0.1) is 6.92 Å². The third-order valence-corrected chi connectivity index (χ3v) is 3.09. The molecular weight excluding hydrogens is 243 g/mol. The van der Waals surface area contributed by atoms with Crippen LogP contribution in [0.25, 0.3) is 0 Å². The molecule has 0 saturated carbocycles. The van der Waals surface area contributed by atoms with Crippen LogP contribution in [-0.4, -0.2) is 22.2 Å². The van der Waals surface area contributed by atoms with Crippen molar-refractivity contribution in [1.82, 2.24) is 4.98 Å². The first-order valence-corrected chi connectivity index (χ1v) is 5.33. The Morgan fingerprint density at radius 2 is 2.12 bits per heavy atom. The van der Waals surface area contributed by atoms with Gasteiger partial charge in [-0.15, -0.1) is 11.3 Å². The van der Waals surface area contributed by atoms with E-state index in [4.69, 9.17) is 5.11 Å². The first-order chi connectivity index (χ1) is 7.28. The van der Waals surface area contributed by atoms with E-state index in [1.54, 1.807) is 6.92 Å². The Kier molecular flexibility index (Phi) is 3.90. The molecule has 0 saturated heterocycles. The van der Waals surface area contributed by atoms with Crippen LogP contribution in [0.2, 0.25) is 0 Å². The number of aromatic nitrogens is 1. The number of carboxylic acid groups (broad SMARTS) is 1. The van der Waals surface area contributed by atoms with Crippen LogP contribution in [0.5, 0.6) is 0 Å². The van der Waals surface area contributed by atoms with Gasteiger partial charge in [0.15, 0.2) is 0 Å². The van der Waals surface area contributed by atoms with Crippen LogP contribution in [0.15, 0.2) is 0 Å². The molecule has 90 valence electrons. The fraction of sp³-hybridized carbons (Fsp3) is 0.556. The summed E-state index contributed by atoms with van der Waals surface area (Å²) in [6, 6.07) is 0. The third-order valence-electron chi connectivity index (χ3n) is 1.87. The van der Waals surface area contributed by atoms with Crippen molar-refractivity contribution in [2.45, 2.75) is 32.4 Å². The third kappa shape index (κ3) is 4.18. The summed E-state index contributed by atoms with van der Waals surface area (Å²) in [6.45, 7) is 1.60. The Labute approximate surface area is 93.9 Å². The number of aryl methyl sites for hydroxylation is 2. The zero-order valence-corrected chi connectivity index (χ0v) is 9.28. The van der Waals surface area contributed by atoms with Gasteiger partial charge in [-0.1, -0.05) is 0 Å². The molecule has 0 atom stereocenters. The molecule has 1 aromatic heterocycles. The van der Waals surface area contributed by atoms with Gasteiger partial charge in [0.2, 0.25) is 0 Å². The minimum Gasteiger partial charge on any atom is -0.481 e. The van der Waals surface area contributed by atoms with Crippen LogP contribution in [-0.2, 0) is 17.6 Å². The minimum absolute atomic E-state index is 0.185. The highest BCUT2D eigenvalue weighted by Crippen LogP contribution is 2.25. The second kappa shape index (κ2) is 4.82. The van der Waals surface area contributed by atoms with Crippen molar-refractivity contribution in [2.24, 2.45) is 0 Å². The lowest BCUT2D eigenvalue weighted by atomic mass is 10.3. The molecule has 0 aliphatic rings. The number of halogens is 3. The predicted octanol–water partition coefficient (Wildman–Crippen LogP) is 2.57. The van der Waals surface area contributed by atoms with Gasteiger partial charge in [-0.05, 0) is 6.92 Å². The average Bonchev–Trinajstić information content (AvgIpc) is 2.42. The number of hydrogen-bond donors (Lipinski definition) is 1. The average molecular weight is 253 g/mol. The molecule has 0 fully saturated rings. The van der Waals surface area contributed by atoms with Crippen LogP contribution in [0.1, 0.15) is 22.0 Å². The Morgan fingerprint density at radius 3 is 2.62 bits per heavy atom. The predicted molar refractivity (Wildman–Crippen MR) is 52.6 cm³/mol. The van der Waals surface area contributed by atoms with Gasteiger partial charge in [0.25, 0.3) is 0 Å². The fourth-order valence-electron chi connectivity index (χ4n) is 1.15. The Balaban J connectivity index is 2.66. The van der Waals surface area contributed by atoms with Gasteiger partial charge in [0, 0.05) is 17.7 Å². The molecule has 0 aliphatic heterocycles. The molecule has 1 aromatic rings. The smallest absolute Gasteiger partial charge is 0.389 e. The van der Waals surface area contributed by atoms with E-state index in [9.17, 15) is 18.0 Å². The normalized spacial score (nSPS) is 11.8. The van der Waals surface area contributed by atoms with E-state index in [2.05, 4.69) is 4.98 Å². The Bertz CT molecular complexity index is 387. The molecule has 1 N–H and O–H groups in total. The largest absolute Gasteiger partial charge is 0.481 e. The Morgan fingerprint density at radius 1 is 1.50 bits per heavy atom. The molecule has 0 radical (unpaired) electrons. The van der Waals surface area contributed by atoms with Crippen molar-refractivity contribution in [3.63, 3.8) is 0 Å². The number of alkyl halides is 3. The maximum absolute atomic E-state index is 11.9. The van der Waals surface area contributed by atoms with Gasteiger partial charge in [-0.25, -0.2) is 4.98 Å². The fourth-order valence-corrected chi connectivity index (χ4v) is 2.21. The number of carbonyl (C=O) groups is 1. The van der Waals surface area contributed by atoms with E-state index in [1.807, 2.05) is 0 Å². The van der Waals surface area contributed by atoms with Gasteiger partial charge in [0.1, 0.15) is 0 Å². The standard InChI is InChI=1S/C9H10F3NO2S/c1-5-6(4-8(14)15)16-7(13-5)2-3-9(10,11)12/h2-4H2,1H3,(H,14,15). The molecule has 16 heavy (non-hydrogen) atoms. The van der Waals surface area contributed by atoms with E-state index in [0.29, 0.717) is 15.6 Å². The summed E-state index contributed by atoms with van der Waals surface area (Å²) in [6.07, 6.45) is -5.50. The number of aliphatic carboxylic acids is 1. The number of thiazole rings is 1. The van der Waals surface area contributed by atoms with Crippen LogP contribution in [0.4, 0.5) is 13.2 Å². The maximum Gasteiger partial charge on any atom is 0.389 e. The first kappa shape index (κ1) is 13.0. The van der Waals surface area contributed by atoms with Gasteiger partial charge in [-0.2, -0.15) is 13.2 Å². The molecule has 1 heterocycles. The summed E-state index contributed by atoms with van der Waals surface area (Å²) in [4.78, 5) is 14.9. The SMILES string of the molecule is Cc1nc(CCC(F)(F)F)sc1CC(=O)O. The van der Waals surface area contributed by atoms with E-state index in [-0.39, 0.29) is 12.8 Å². The second-order valence-corrected chi connectivity index (χ2v) is 4.47. The number of carboxylic acids is 1.